The van der Waals surface area contributed by atoms with Crippen molar-refractivity contribution < 1.29 is 9.47 Å². The van der Waals surface area contributed by atoms with Crippen LogP contribution in [0.3, 0.4) is 0 Å². The Morgan fingerprint density at radius 1 is 1.12 bits per heavy atom. The molecular weight excluding hydrogens is 452 g/mol. The molecule has 1 unspecified atom stereocenters. The van der Waals surface area contributed by atoms with Gasteiger partial charge in [0.25, 0.3) is 0 Å². The Kier molecular flexibility index (Phi) is 6.72. The number of thioether (sulfide) groups is 1. The SMILES string of the molecule is CSCCC(NCCc1nc(-c2ccccc2)n(C)n1)c1nnnn1-c1ccc2c(c1)OCO2. The number of hydrogen-bond donors (Lipinski definition) is 1. The summed E-state index contributed by atoms with van der Waals surface area (Å²) in [4.78, 5) is 4.74. The van der Waals surface area contributed by atoms with E-state index in [1.54, 1.807) is 16.4 Å². The lowest BCUT2D eigenvalue weighted by molar-refractivity contribution is 0.174. The van der Waals surface area contributed by atoms with Crippen LogP contribution in [-0.4, -0.2) is 60.3 Å². The van der Waals surface area contributed by atoms with Crippen molar-refractivity contribution >= 4 is 11.8 Å². The van der Waals surface area contributed by atoms with E-state index >= 15 is 0 Å². The molecule has 0 amide bonds. The fraction of sp³-hybridized carbons (Fsp3) is 0.348. The van der Waals surface area contributed by atoms with E-state index in [1.807, 2.05) is 60.3 Å². The molecule has 0 radical (unpaired) electrons. The molecule has 5 rings (SSSR count). The number of fused-ring (bicyclic) bond motifs is 1. The minimum absolute atomic E-state index is 0.0230. The van der Waals surface area contributed by atoms with Gasteiger partial charge in [-0.3, -0.25) is 0 Å². The van der Waals surface area contributed by atoms with Gasteiger partial charge in [-0.2, -0.15) is 21.5 Å². The molecule has 4 aromatic rings. The summed E-state index contributed by atoms with van der Waals surface area (Å²) in [7, 11) is 1.92. The molecular formula is C23H26N8O2S. The quantitative estimate of drug-likeness (QED) is 0.368. The molecule has 1 atom stereocenters. The van der Waals surface area contributed by atoms with Gasteiger partial charge in [0.2, 0.25) is 6.79 Å². The average Bonchev–Trinajstić information content (AvgIpc) is 3.61. The molecule has 0 saturated carbocycles. The van der Waals surface area contributed by atoms with Crippen LogP contribution in [-0.2, 0) is 13.5 Å². The van der Waals surface area contributed by atoms with E-state index in [4.69, 9.17) is 14.5 Å². The molecule has 2 aromatic carbocycles. The first-order valence-corrected chi connectivity index (χ1v) is 12.5. The van der Waals surface area contributed by atoms with Crippen LogP contribution in [0.1, 0.15) is 24.1 Å². The lowest BCUT2D eigenvalue weighted by Gasteiger charge is -2.17. The summed E-state index contributed by atoms with van der Waals surface area (Å²) in [5, 5.41) is 20.7. The summed E-state index contributed by atoms with van der Waals surface area (Å²) in [6.07, 6.45) is 3.68. The lowest BCUT2D eigenvalue weighted by Crippen LogP contribution is -2.27. The number of nitrogens with one attached hydrogen (secondary N) is 1. The van der Waals surface area contributed by atoms with Gasteiger partial charge in [-0.1, -0.05) is 30.3 Å². The van der Waals surface area contributed by atoms with Crippen LogP contribution in [0.4, 0.5) is 0 Å². The van der Waals surface area contributed by atoms with Crippen LogP contribution < -0.4 is 14.8 Å². The summed E-state index contributed by atoms with van der Waals surface area (Å²) < 4.78 is 14.5. The number of aromatic nitrogens is 7. The minimum atomic E-state index is -0.0230. The maximum atomic E-state index is 5.52. The van der Waals surface area contributed by atoms with Crippen molar-refractivity contribution in [3.05, 3.63) is 60.2 Å². The van der Waals surface area contributed by atoms with Gasteiger partial charge in [0.15, 0.2) is 29.0 Å². The van der Waals surface area contributed by atoms with Crippen molar-refractivity contribution in [2.45, 2.75) is 18.9 Å². The largest absolute Gasteiger partial charge is 0.454 e. The van der Waals surface area contributed by atoms with Gasteiger partial charge in [-0.25, -0.2) is 9.67 Å². The molecule has 176 valence electrons. The Morgan fingerprint density at radius 3 is 2.82 bits per heavy atom. The second kappa shape index (κ2) is 10.2. The number of aryl methyl sites for hydroxylation is 1. The fourth-order valence-corrected chi connectivity index (χ4v) is 4.38. The molecule has 1 N–H and O–H groups in total. The second-order valence-corrected chi connectivity index (χ2v) is 8.85. The second-order valence-electron chi connectivity index (χ2n) is 7.87. The van der Waals surface area contributed by atoms with Gasteiger partial charge in [0, 0.05) is 31.6 Å². The normalized spacial score (nSPS) is 13.4. The van der Waals surface area contributed by atoms with Gasteiger partial charge >= 0.3 is 0 Å². The molecule has 1 aliphatic heterocycles. The molecule has 0 saturated heterocycles. The van der Waals surface area contributed by atoms with Crippen LogP contribution in [0.15, 0.2) is 48.5 Å². The van der Waals surface area contributed by atoms with E-state index in [2.05, 4.69) is 32.2 Å². The van der Waals surface area contributed by atoms with Crippen molar-refractivity contribution in [1.29, 1.82) is 0 Å². The maximum absolute atomic E-state index is 5.52. The predicted octanol–water partition coefficient (Wildman–Crippen LogP) is 2.81. The Bertz CT molecular complexity index is 1240. The summed E-state index contributed by atoms with van der Waals surface area (Å²) >= 11 is 1.80. The molecule has 0 bridgehead atoms. The van der Waals surface area contributed by atoms with Crippen molar-refractivity contribution in [3.8, 4) is 28.6 Å². The Morgan fingerprint density at radius 2 is 1.97 bits per heavy atom. The van der Waals surface area contributed by atoms with E-state index in [0.29, 0.717) is 18.7 Å². The van der Waals surface area contributed by atoms with Crippen LogP contribution in [0, 0.1) is 0 Å². The summed E-state index contributed by atoms with van der Waals surface area (Å²) in [5.74, 6) is 4.82. The van der Waals surface area contributed by atoms with E-state index in [9.17, 15) is 0 Å². The monoisotopic (exact) mass is 478 g/mol. The maximum Gasteiger partial charge on any atom is 0.231 e. The third kappa shape index (κ3) is 4.75. The fourth-order valence-electron chi connectivity index (χ4n) is 3.91. The van der Waals surface area contributed by atoms with Crippen LogP contribution >= 0.6 is 11.8 Å². The van der Waals surface area contributed by atoms with E-state index in [0.717, 1.165) is 46.6 Å². The predicted molar refractivity (Wildman–Crippen MR) is 129 cm³/mol. The molecule has 1 aliphatic rings. The zero-order valence-corrected chi connectivity index (χ0v) is 19.9. The summed E-state index contributed by atoms with van der Waals surface area (Å²) in [6, 6.07) is 15.8. The minimum Gasteiger partial charge on any atom is -0.454 e. The number of hydrogen-bond acceptors (Lipinski definition) is 9. The standard InChI is InChI=1S/C23H26N8O2S/c1-30-22(16-6-4-3-5-7-16)25-21(27-30)10-12-24-18(11-13-34-2)23-26-28-29-31(23)17-8-9-19-20(14-17)33-15-32-19/h3-9,14,18,24H,10-13,15H2,1-2H3. The number of benzene rings is 2. The molecule has 2 aromatic heterocycles. The summed E-state index contributed by atoms with van der Waals surface area (Å²) in [5.41, 5.74) is 1.89. The number of rotatable bonds is 10. The van der Waals surface area contributed by atoms with Gasteiger partial charge in [-0.05, 0) is 41.0 Å². The van der Waals surface area contributed by atoms with Gasteiger partial charge in [0.1, 0.15) is 0 Å². The average molecular weight is 479 g/mol. The molecule has 3 heterocycles. The van der Waals surface area contributed by atoms with Gasteiger partial charge in [-0.15, -0.1) is 5.10 Å². The lowest BCUT2D eigenvalue weighted by atomic mass is 10.2. The Balaban J connectivity index is 1.30. The summed E-state index contributed by atoms with van der Waals surface area (Å²) in [6.45, 7) is 0.929. The number of ether oxygens (including phenoxy) is 2. The third-order valence-electron chi connectivity index (χ3n) is 5.59. The molecule has 0 spiro atoms. The highest BCUT2D eigenvalue weighted by Crippen LogP contribution is 2.34. The highest BCUT2D eigenvalue weighted by atomic mass is 32.2. The number of tetrazole rings is 1. The van der Waals surface area contributed by atoms with Gasteiger partial charge < -0.3 is 14.8 Å². The van der Waals surface area contributed by atoms with E-state index in [1.165, 1.54) is 0 Å². The smallest absolute Gasteiger partial charge is 0.231 e. The van der Waals surface area contributed by atoms with Crippen LogP contribution in [0.5, 0.6) is 11.5 Å². The molecule has 11 heteroatoms. The Hall–Kier alpha value is -3.44. The van der Waals surface area contributed by atoms with Crippen LogP contribution in [0.25, 0.3) is 17.1 Å². The van der Waals surface area contributed by atoms with Crippen LogP contribution in [0.2, 0.25) is 0 Å². The zero-order chi connectivity index (χ0) is 23.3. The highest BCUT2D eigenvalue weighted by molar-refractivity contribution is 7.98. The molecule has 10 nitrogen and oxygen atoms in total. The van der Waals surface area contributed by atoms with Crippen molar-refractivity contribution in [1.82, 2.24) is 40.3 Å². The molecule has 0 aliphatic carbocycles. The number of nitrogens with zero attached hydrogens (tertiary/aromatic N) is 7. The third-order valence-corrected chi connectivity index (χ3v) is 6.24. The first-order valence-electron chi connectivity index (χ1n) is 11.1. The first kappa shape index (κ1) is 22.4. The molecule has 34 heavy (non-hydrogen) atoms. The topological polar surface area (TPSA) is 105 Å². The van der Waals surface area contributed by atoms with E-state index in [-0.39, 0.29) is 12.8 Å². The zero-order valence-electron chi connectivity index (χ0n) is 19.1. The van der Waals surface area contributed by atoms with Crippen molar-refractivity contribution in [2.24, 2.45) is 7.05 Å². The first-order chi connectivity index (χ1) is 16.7. The van der Waals surface area contributed by atoms with E-state index < -0.39 is 0 Å². The molecule has 0 fully saturated rings. The Labute approximate surface area is 201 Å². The van der Waals surface area contributed by atoms with Crippen molar-refractivity contribution in [3.63, 3.8) is 0 Å². The van der Waals surface area contributed by atoms with Crippen molar-refractivity contribution in [2.75, 3.05) is 25.3 Å². The highest BCUT2D eigenvalue weighted by Gasteiger charge is 2.22. The van der Waals surface area contributed by atoms with Gasteiger partial charge in [0.05, 0.1) is 11.7 Å².